The summed E-state index contributed by atoms with van der Waals surface area (Å²) >= 11 is 6.40. The molecule has 0 saturated heterocycles. The standard InChI is InChI=1S/C24H35ClN2O6/c1-8-9-12-19(25)16(4)24(14-11-10-13-20(24)29)27(7)23(31)33-18(6)32-22(30)21(15(2)3)26-17(5)28/h8-9,12,15,18,21H,4,10-11,13-14H2,1-3,5-7H3,(H,26,28)/b9-8-,19-12+/t18?,21-,24+/m0/s1. The first-order valence-electron chi connectivity index (χ1n) is 11.0. The molecule has 0 heterocycles. The van der Waals surface area contributed by atoms with Crippen LogP contribution in [0.15, 0.2) is 35.4 Å². The minimum Gasteiger partial charge on any atom is -0.424 e. The van der Waals surface area contributed by atoms with E-state index in [1.54, 1.807) is 32.1 Å². The van der Waals surface area contributed by atoms with Gasteiger partial charge in [0.2, 0.25) is 12.2 Å². The zero-order valence-corrected chi connectivity index (χ0v) is 21.0. The van der Waals surface area contributed by atoms with E-state index < -0.39 is 29.9 Å². The van der Waals surface area contributed by atoms with E-state index in [-0.39, 0.29) is 29.1 Å². The van der Waals surface area contributed by atoms with Crippen molar-refractivity contribution in [2.75, 3.05) is 7.05 Å². The van der Waals surface area contributed by atoms with Gasteiger partial charge in [-0.1, -0.05) is 44.2 Å². The highest BCUT2D eigenvalue weighted by Crippen LogP contribution is 2.40. The molecule has 0 spiro atoms. The molecule has 0 aliphatic heterocycles. The van der Waals surface area contributed by atoms with Gasteiger partial charge in [-0.05, 0) is 43.8 Å². The lowest BCUT2D eigenvalue weighted by atomic mass is 9.74. The Morgan fingerprint density at radius 1 is 1.21 bits per heavy atom. The Kier molecular flexibility index (Phi) is 10.8. The third-order valence-electron chi connectivity index (χ3n) is 5.55. The van der Waals surface area contributed by atoms with Gasteiger partial charge in [-0.3, -0.25) is 14.5 Å². The molecular formula is C24H35ClN2O6. The van der Waals surface area contributed by atoms with Crippen molar-refractivity contribution in [3.05, 3.63) is 35.4 Å². The number of rotatable bonds is 9. The van der Waals surface area contributed by atoms with Crippen molar-refractivity contribution in [3.63, 3.8) is 0 Å². The molecule has 1 aliphatic carbocycles. The Hall–Kier alpha value is -2.61. The number of esters is 1. The zero-order chi connectivity index (χ0) is 25.3. The van der Waals surface area contributed by atoms with Gasteiger partial charge >= 0.3 is 12.1 Å². The number of allylic oxidation sites excluding steroid dienone is 3. The van der Waals surface area contributed by atoms with E-state index in [2.05, 4.69) is 11.9 Å². The monoisotopic (exact) mass is 482 g/mol. The second-order valence-corrected chi connectivity index (χ2v) is 8.79. The van der Waals surface area contributed by atoms with Gasteiger partial charge in [0.1, 0.15) is 11.6 Å². The van der Waals surface area contributed by atoms with Crippen LogP contribution in [0.3, 0.4) is 0 Å². The van der Waals surface area contributed by atoms with E-state index in [1.165, 1.54) is 25.8 Å². The number of Topliss-reactive ketones (excluding diaryl/α,β-unsaturated/α-hetero) is 1. The number of ether oxygens (including phenoxy) is 2. The first-order chi connectivity index (χ1) is 15.4. The minimum absolute atomic E-state index is 0.180. The first-order valence-corrected chi connectivity index (χ1v) is 11.4. The summed E-state index contributed by atoms with van der Waals surface area (Å²) in [6.07, 6.45) is 5.05. The van der Waals surface area contributed by atoms with Crippen molar-refractivity contribution in [3.8, 4) is 0 Å². The van der Waals surface area contributed by atoms with Crippen LogP contribution >= 0.6 is 11.6 Å². The van der Waals surface area contributed by atoms with Gasteiger partial charge in [0, 0.05) is 32.3 Å². The Morgan fingerprint density at radius 2 is 1.85 bits per heavy atom. The van der Waals surface area contributed by atoms with Crippen LogP contribution in [0.25, 0.3) is 0 Å². The molecule has 0 aromatic carbocycles. The van der Waals surface area contributed by atoms with Gasteiger partial charge in [0.25, 0.3) is 0 Å². The predicted molar refractivity (Wildman–Crippen MR) is 126 cm³/mol. The van der Waals surface area contributed by atoms with Gasteiger partial charge in [-0.2, -0.15) is 0 Å². The van der Waals surface area contributed by atoms with Crippen molar-refractivity contribution in [1.29, 1.82) is 0 Å². The third kappa shape index (κ3) is 7.19. The van der Waals surface area contributed by atoms with E-state index >= 15 is 0 Å². The molecule has 184 valence electrons. The molecular weight excluding hydrogens is 448 g/mol. The maximum atomic E-state index is 13.1. The topological polar surface area (TPSA) is 102 Å². The van der Waals surface area contributed by atoms with E-state index in [9.17, 15) is 19.2 Å². The van der Waals surface area contributed by atoms with Crippen LogP contribution in [-0.2, 0) is 23.9 Å². The first kappa shape index (κ1) is 28.4. The number of halogens is 1. The number of amides is 2. The van der Waals surface area contributed by atoms with Crippen LogP contribution in [0.4, 0.5) is 4.79 Å². The summed E-state index contributed by atoms with van der Waals surface area (Å²) in [6, 6.07) is -0.886. The lowest BCUT2D eigenvalue weighted by molar-refractivity contribution is -0.171. The molecule has 0 radical (unpaired) electrons. The fourth-order valence-corrected chi connectivity index (χ4v) is 3.95. The largest absolute Gasteiger partial charge is 0.424 e. The number of nitrogens with zero attached hydrogens (tertiary/aromatic N) is 1. The molecule has 1 rings (SSSR count). The normalized spacial score (nSPS) is 20.8. The molecule has 0 bridgehead atoms. The average molecular weight is 483 g/mol. The fraction of sp³-hybridized carbons (Fsp3) is 0.583. The average Bonchev–Trinajstić information content (AvgIpc) is 2.74. The number of likely N-dealkylation sites (N-methyl/N-ethyl adjacent to an activating group) is 1. The van der Waals surface area contributed by atoms with Crippen LogP contribution in [0, 0.1) is 5.92 Å². The Bertz CT molecular complexity index is 835. The van der Waals surface area contributed by atoms with Crippen molar-refractivity contribution in [1.82, 2.24) is 10.2 Å². The van der Waals surface area contributed by atoms with Gasteiger partial charge in [0.05, 0.1) is 0 Å². The molecule has 1 N–H and O–H groups in total. The second-order valence-electron chi connectivity index (χ2n) is 8.38. The molecule has 3 atom stereocenters. The third-order valence-corrected chi connectivity index (χ3v) is 5.91. The summed E-state index contributed by atoms with van der Waals surface area (Å²) in [5.41, 5.74) is -1.05. The number of nitrogens with one attached hydrogen (secondary N) is 1. The maximum Gasteiger partial charge on any atom is 0.413 e. The Morgan fingerprint density at radius 3 is 2.36 bits per heavy atom. The number of ketones is 1. The zero-order valence-electron chi connectivity index (χ0n) is 20.3. The highest BCUT2D eigenvalue weighted by molar-refractivity contribution is 6.32. The number of carbonyl (C=O) groups excluding carboxylic acids is 4. The highest BCUT2D eigenvalue weighted by atomic mass is 35.5. The van der Waals surface area contributed by atoms with Crippen molar-refractivity contribution < 1.29 is 28.7 Å². The SMILES string of the molecule is C=C(/C(Cl)=C\C=C/C)[C@]1(N(C)C(=O)OC(C)OC(=O)[C@@H](NC(C)=O)C(C)C)CCCCC1=O. The summed E-state index contributed by atoms with van der Waals surface area (Å²) in [7, 11) is 1.44. The van der Waals surface area contributed by atoms with E-state index in [0.29, 0.717) is 24.8 Å². The minimum atomic E-state index is -1.36. The Labute approximate surface area is 201 Å². The smallest absolute Gasteiger partial charge is 0.413 e. The van der Waals surface area contributed by atoms with Gasteiger partial charge in [-0.25, -0.2) is 9.59 Å². The number of hydrogen-bond donors (Lipinski definition) is 1. The molecule has 2 amide bonds. The molecule has 1 fully saturated rings. The van der Waals surface area contributed by atoms with Crippen LogP contribution in [0.2, 0.25) is 0 Å². The molecule has 1 unspecified atom stereocenters. The predicted octanol–water partition coefficient (Wildman–Crippen LogP) is 4.24. The molecule has 8 nitrogen and oxygen atoms in total. The summed E-state index contributed by atoms with van der Waals surface area (Å²) in [4.78, 5) is 51.1. The summed E-state index contributed by atoms with van der Waals surface area (Å²) in [6.45, 7) is 12.0. The lowest BCUT2D eigenvalue weighted by Crippen LogP contribution is -2.58. The Balaban J connectivity index is 3.06. The fourth-order valence-electron chi connectivity index (χ4n) is 3.72. The van der Waals surface area contributed by atoms with Crippen molar-refractivity contribution in [2.24, 2.45) is 5.92 Å². The molecule has 1 saturated carbocycles. The summed E-state index contributed by atoms with van der Waals surface area (Å²) < 4.78 is 10.5. The molecule has 0 aromatic heterocycles. The van der Waals surface area contributed by atoms with Gasteiger partial charge in [-0.15, -0.1) is 0 Å². The molecule has 9 heteroatoms. The molecule has 0 aromatic rings. The highest BCUT2D eigenvalue weighted by Gasteiger charge is 2.49. The lowest BCUT2D eigenvalue weighted by Gasteiger charge is -2.43. The van der Waals surface area contributed by atoms with Gasteiger partial charge in [0.15, 0.2) is 5.78 Å². The van der Waals surface area contributed by atoms with Crippen molar-refractivity contribution in [2.45, 2.75) is 78.2 Å². The molecule has 33 heavy (non-hydrogen) atoms. The van der Waals surface area contributed by atoms with E-state index in [0.717, 1.165) is 0 Å². The van der Waals surface area contributed by atoms with E-state index in [1.807, 2.05) is 6.92 Å². The maximum absolute atomic E-state index is 13.1. The quantitative estimate of drug-likeness (QED) is 0.299. The van der Waals surface area contributed by atoms with Gasteiger partial charge < -0.3 is 14.8 Å². The number of carbonyl (C=O) groups is 4. The van der Waals surface area contributed by atoms with Crippen LogP contribution in [0.1, 0.15) is 60.3 Å². The second kappa shape index (κ2) is 12.6. The van der Waals surface area contributed by atoms with Crippen LogP contribution < -0.4 is 5.32 Å². The summed E-state index contributed by atoms with van der Waals surface area (Å²) in [5.74, 6) is -1.52. The number of hydrogen-bond acceptors (Lipinski definition) is 6. The van der Waals surface area contributed by atoms with Crippen molar-refractivity contribution >= 4 is 35.4 Å². The molecule has 1 aliphatic rings. The van der Waals surface area contributed by atoms with E-state index in [4.69, 9.17) is 21.1 Å². The van der Waals surface area contributed by atoms with Crippen LogP contribution in [-0.4, -0.2) is 53.6 Å². The van der Waals surface area contributed by atoms with Crippen LogP contribution in [0.5, 0.6) is 0 Å². The summed E-state index contributed by atoms with van der Waals surface area (Å²) in [5, 5.41) is 2.78.